The van der Waals surface area contributed by atoms with E-state index in [2.05, 4.69) is 0 Å². The van der Waals surface area contributed by atoms with Crippen LogP contribution in [0.5, 0.6) is 0 Å². The second kappa shape index (κ2) is 7.15. The van der Waals surface area contributed by atoms with E-state index in [0.29, 0.717) is 11.4 Å². The van der Waals surface area contributed by atoms with Crippen molar-refractivity contribution in [2.75, 3.05) is 13.1 Å². The van der Waals surface area contributed by atoms with Gasteiger partial charge in [-0.1, -0.05) is 41.9 Å². The fourth-order valence-corrected chi connectivity index (χ4v) is 4.87. The molecule has 0 saturated carbocycles. The van der Waals surface area contributed by atoms with E-state index in [1.54, 1.807) is 30.3 Å². The van der Waals surface area contributed by atoms with E-state index in [0.717, 1.165) is 5.56 Å². The Balaban J connectivity index is 1.87. The Bertz CT molecular complexity index is 852. The number of benzene rings is 2. The van der Waals surface area contributed by atoms with Gasteiger partial charge in [0, 0.05) is 18.1 Å². The summed E-state index contributed by atoms with van der Waals surface area (Å²) in [5.74, 6) is -2.03. The Morgan fingerprint density at radius 3 is 2.32 bits per heavy atom. The van der Waals surface area contributed by atoms with Gasteiger partial charge in [0.15, 0.2) is 0 Å². The molecule has 2 aromatic carbocycles. The van der Waals surface area contributed by atoms with Crippen LogP contribution in [0.3, 0.4) is 0 Å². The van der Waals surface area contributed by atoms with E-state index < -0.39 is 21.9 Å². The Labute approximate surface area is 151 Å². The molecule has 2 unspecified atom stereocenters. The van der Waals surface area contributed by atoms with Gasteiger partial charge in [0.25, 0.3) is 0 Å². The fourth-order valence-electron chi connectivity index (χ4n) is 3.24. The second-order valence-corrected chi connectivity index (χ2v) is 8.44. The molecule has 1 aliphatic heterocycles. The van der Waals surface area contributed by atoms with E-state index in [4.69, 9.17) is 11.6 Å². The van der Waals surface area contributed by atoms with Crippen molar-refractivity contribution < 1.29 is 18.3 Å². The van der Waals surface area contributed by atoms with Gasteiger partial charge in [-0.3, -0.25) is 4.79 Å². The number of carbonyl (C=O) groups is 1. The first-order chi connectivity index (χ1) is 11.9. The topological polar surface area (TPSA) is 74.7 Å². The average Bonchev–Trinajstić information content (AvgIpc) is 2.62. The number of carboxylic acids is 1. The number of aliphatic carboxylic acids is 1. The predicted octanol–water partition coefficient (Wildman–Crippen LogP) is 3.22. The first kappa shape index (κ1) is 17.9. The first-order valence-electron chi connectivity index (χ1n) is 7.93. The largest absolute Gasteiger partial charge is 0.481 e. The van der Waals surface area contributed by atoms with E-state index in [9.17, 15) is 18.3 Å². The number of halogens is 1. The molecule has 1 N–H and O–H groups in total. The minimum atomic E-state index is -3.69. The second-order valence-electron chi connectivity index (χ2n) is 6.07. The van der Waals surface area contributed by atoms with Gasteiger partial charge in [-0.05, 0) is 42.2 Å². The predicted molar refractivity (Wildman–Crippen MR) is 95.1 cm³/mol. The highest BCUT2D eigenvalue weighted by Crippen LogP contribution is 2.35. The molecular formula is C18H18ClNO4S. The van der Waals surface area contributed by atoms with E-state index in [1.807, 2.05) is 12.1 Å². The number of hydrogen-bond acceptors (Lipinski definition) is 3. The SMILES string of the molecule is O=C(O)C1CN(S(=O)(=O)c2ccccc2)CCC1c1ccc(Cl)cc1. The number of rotatable bonds is 4. The first-order valence-corrected chi connectivity index (χ1v) is 9.75. The van der Waals surface area contributed by atoms with Gasteiger partial charge >= 0.3 is 5.97 Å². The van der Waals surface area contributed by atoms with Crippen LogP contribution < -0.4 is 0 Å². The van der Waals surface area contributed by atoms with Crippen molar-refractivity contribution >= 4 is 27.6 Å². The summed E-state index contributed by atoms with van der Waals surface area (Å²) < 4.78 is 26.8. The molecule has 1 aliphatic rings. The van der Waals surface area contributed by atoms with Crippen LogP contribution in [0.15, 0.2) is 59.5 Å². The van der Waals surface area contributed by atoms with Crippen molar-refractivity contribution in [2.24, 2.45) is 5.92 Å². The number of piperidine rings is 1. The molecule has 2 atom stereocenters. The third-order valence-corrected chi connectivity index (χ3v) is 6.70. The number of nitrogens with zero attached hydrogens (tertiary/aromatic N) is 1. The van der Waals surface area contributed by atoms with Crippen molar-refractivity contribution in [2.45, 2.75) is 17.2 Å². The third-order valence-electron chi connectivity index (χ3n) is 4.57. The summed E-state index contributed by atoms with van der Waals surface area (Å²) in [7, 11) is -3.69. The summed E-state index contributed by atoms with van der Waals surface area (Å²) >= 11 is 5.90. The summed E-state index contributed by atoms with van der Waals surface area (Å²) in [6, 6.07) is 15.2. The summed E-state index contributed by atoms with van der Waals surface area (Å²) in [4.78, 5) is 12.0. The lowest BCUT2D eigenvalue weighted by atomic mass is 9.81. The molecule has 0 spiro atoms. The molecule has 0 amide bonds. The molecular weight excluding hydrogens is 362 g/mol. The van der Waals surface area contributed by atoms with Crippen LogP contribution >= 0.6 is 11.6 Å². The Kier molecular flexibility index (Phi) is 5.13. The van der Waals surface area contributed by atoms with Gasteiger partial charge in [-0.15, -0.1) is 0 Å². The molecule has 2 aromatic rings. The van der Waals surface area contributed by atoms with Crippen LogP contribution in [0, 0.1) is 5.92 Å². The van der Waals surface area contributed by atoms with Gasteiger partial charge in [0.2, 0.25) is 10.0 Å². The molecule has 132 valence electrons. The minimum absolute atomic E-state index is 0.0418. The lowest BCUT2D eigenvalue weighted by Gasteiger charge is -2.36. The quantitative estimate of drug-likeness (QED) is 0.885. The average molecular weight is 380 g/mol. The van der Waals surface area contributed by atoms with Crippen molar-refractivity contribution in [1.29, 1.82) is 0 Å². The normalized spacial score (nSPS) is 21.8. The van der Waals surface area contributed by atoms with E-state index in [-0.39, 0.29) is 23.9 Å². The molecule has 0 aliphatic carbocycles. The molecule has 0 radical (unpaired) electrons. The number of carboxylic acid groups (broad SMARTS) is 1. The van der Waals surface area contributed by atoms with Gasteiger partial charge in [-0.2, -0.15) is 4.31 Å². The van der Waals surface area contributed by atoms with Gasteiger partial charge in [-0.25, -0.2) is 8.42 Å². The molecule has 0 aromatic heterocycles. The highest BCUT2D eigenvalue weighted by Gasteiger charge is 2.39. The maximum absolute atomic E-state index is 12.8. The Morgan fingerprint density at radius 1 is 1.08 bits per heavy atom. The monoisotopic (exact) mass is 379 g/mol. The summed E-state index contributed by atoms with van der Waals surface area (Å²) in [5, 5.41) is 10.2. The minimum Gasteiger partial charge on any atom is -0.481 e. The highest BCUT2D eigenvalue weighted by atomic mass is 35.5. The van der Waals surface area contributed by atoms with Gasteiger partial charge < -0.3 is 5.11 Å². The molecule has 3 rings (SSSR count). The molecule has 5 nitrogen and oxygen atoms in total. The van der Waals surface area contributed by atoms with Crippen LogP contribution in [-0.4, -0.2) is 36.9 Å². The van der Waals surface area contributed by atoms with Crippen LogP contribution in [0.25, 0.3) is 0 Å². The summed E-state index contributed by atoms with van der Waals surface area (Å²) in [6.07, 6.45) is 0.449. The molecule has 0 bridgehead atoms. The van der Waals surface area contributed by atoms with Crippen LogP contribution in [0.4, 0.5) is 0 Å². The van der Waals surface area contributed by atoms with Gasteiger partial charge in [0.1, 0.15) is 0 Å². The van der Waals surface area contributed by atoms with Crippen molar-refractivity contribution in [3.63, 3.8) is 0 Å². The summed E-state index contributed by atoms with van der Waals surface area (Å²) in [5.41, 5.74) is 0.869. The highest BCUT2D eigenvalue weighted by molar-refractivity contribution is 7.89. The molecule has 1 saturated heterocycles. The molecule has 1 heterocycles. The maximum atomic E-state index is 12.8. The molecule has 7 heteroatoms. The Morgan fingerprint density at radius 2 is 1.72 bits per heavy atom. The number of sulfonamides is 1. The lowest BCUT2D eigenvalue weighted by molar-refractivity contribution is -0.143. The zero-order chi connectivity index (χ0) is 18.0. The van der Waals surface area contributed by atoms with Crippen molar-refractivity contribution in [1.82, 2.24) is 4.31 Å². The standard InChI is InChI=1S/C18H18ClNO4S/c19-14-8-6-13(7-9-14)16-10-11-20(12-17(16)18(21)22)25(23,24)15-4-2-1-3-5-15/h1-9,16-17H,10-12H2,(H,21,22). The van der Waals surface area contributed by atoms with E-state index in [1.165, 1.54) is 16.4 Å². The van der Waals surface area contributed by atoms with Crippen LogP contribution in [-0.2, 0) is 14.8 Å². The smallest absolute Gasteiger partial charge is 0.308 e. The third kappa shape index (κ3) is 3.71. The van der Waals surface area contributed by atoms with Crippen LogP contribution in [0.1, 0.15) is 17.9 Å². The molecule has 25 heavy (non-hydrogen) atoms. The maximum Gasteiger partial charge on any atom is 0.308 e. The van der Waals surface area contributed by atoms with Crippen LogP contribution in [0.2, 0.25) is 5.02 Å². The zero-order valence-corrected chi connectivity index (χ0v) is 14.9. The van der Waals surface area contributed by atoms with Gasteiger partial charge in [0.05, 0.1) is 10.8 Å². The molecule has 1 fully saturated rings. The van der Waals surface area contributed by atoms with Crippen molar-refractivity contribution in [3.05, 3.63) is 65.2 Å². The fraction of sp³-hybridized carbons (Fsp3) is 0.278. The zero-order valence-electron chi connectivity index (χ0n) is 13.4. The van der Waals surface area contributed by atoms with Crippen molar-refractivity contribution in [3.8, 4) is 0 Å². The van der Waals surface area contributed by atoms with E-state index >= 15 is 0 Å². The summed E-state index contributed by atoms with van der Waals surface area (Å²) in [6.45, 7) is 0.244. The Hall–Kier alpha value is -1.89. The number of hydrogen-bond donors (Lipinski definition) is 1. The lowest BCUT2D eigenvalue weighted by Crippen LogP contribution is -2.45.